The van der Waals surface area contributed by atoms with Gasteiger partial charge in [0, 0.05) is 46.6 Å². The summed E-state index contributed by atoms with van der Waals surface area (Å²) in [6, 6.07) is 2.22. The highest BCUT2D eigenvalue weighted by Gasteiger charge is 2.21. The molecule has 0 amide bonds. The maximum atomic E-state index is 5.49. The van der Waals surface area contributed by atoms with Gasteiger partial charge < -0.3 is 19.7 Å². The fraction of sp³-hybridized carbons (Fsp3) is 0.688. The van der Waals surface area contributed by atoms with Crippen molar-refractivity contribution >= 4 is 5.82 Å². The van der Waals surface area contributed by atoms with Crippen molar-refractivity contribution in [2.45, 2.75) is 32.4 Å². The first-order chi connectivity index (χ1) is 10.2. The normalized spacial score (nSPS) is 19.0. The van der Waals surface area contributed by atoms with Gasteiger partial charge in [-0.25, -0.2) is 4.98 Å². The molecule has 1 unspecified atom stereocenters. The van der Waals surface area contributed by atoms with Crippen LogP contribution < -0.4 is 10.2 Å². The zero-order chi connectivity index (χ0) is 15.1. The van der Waals surface area contributed by atoms with E-state index in [1.807, 2.05) is 6.20 Å². The average molecular weight is 293 g/mol. The summed E-state index contributed by atoms with van der Waals surface area (Å²) >= 11 is 0. The zero-order valence-corrected chi connectivity index (χ0v) is 13.4. The van der Waals surface area contributed by atoms with Crippen LogP contribution >= 0.6 is 0 Å². The molecular formula is C16H27N3O2. The number of hydrogen-bond donors (Lipinski definition) is 1. The summed E-state index contributed by atoms with van der Waals surface area (Å²) in [5, 5.41) is 3.35. The van der Waals surface area contributed by atoms with Crippen molar-refractivity contribution in [3.8, 4) is 0 Å². The molecule has 0 bridgehead atoms. The Balaban J connectivity index is 1.95. The standard InChI is InChI=1S/C16H27N3O2/c1-13-9-14(10-17-6-8-20-2)11-18-16(13)19-7-4-5-15(12-19)21-3/h9,11,15,17H,4-8,10,12H2,1-3H3. The molecule has 0 aliphatic carbocycles. The highest BCUT2D eigenvalue weighted by molar-refractivity contribution is 5.47. The van der Waals surface area contributed by atoms with Crippen molar-refractivity contribution < 1.29 is 9.47 Å². The van der Waals surface area contributed by atoms with E-state index < -0.39 is 0 Å². The molecule has 1 saturated heterocycles. The van der Waals surface area contributed by atoms with Gasteiger partial charge in [0.25, 0.3) is 0 Å². The molecule has 1 N–H and O–H groups in total. The summed E-state index contributed by atoms with van der Waals surface area (Å²) in [5.74, 6) is 1.09. The molecule has 1 atom stereocenters. The number of nitrogens with one attached hydrogen (secondary N) is 1. The minimum absolute atomic E-state index is 0.329. The van der Waals surface area contributed by atoms with Crippen LogP contribution in [-0.4, -0.2) is 51.5 Å². The third-order valence-electron chi connectivity index (χ3n) is 3.93. The van der Waals surface area contributed by atoms with Crippen LogP contribution in [0.4, 0.5) is 5.82 Å². The number of piperidine rings is 1. The second-order valence-electron chi connectivity index (χ2n) is 5.60. The zero-order valence-electron chi connectivity index (χ0n) is 13.4. The predicted molar refractivity (Wildman–Crippen MR) is 84.8 cm³/mol. The molecule has 21 heavy (non-hydrogen) atoms. The Labute approximate surface area is 127 Å². The number of pyridine rings is 1. The van der Waals surface area contributed by atoms with E-state index in [-0.39, 0.29) is 0 Å². The maximum Gasteiger partial charge on any atom is 0.131 e. The van der Waals surface area contributed by atoms with E-state index in [0.717, 1.165) is 45.0 Å². The van der Waals surface area contributed by atoms with E-state index in [9.17, 15) is 0 Å². The number of methoxy groups -OCH3 is 2. The number of aromatic nitrogens is 1. The summed E-state index contributed by atoms with van der Waals surface area (Å²) in [6.07, 6.45) is 4.61. The van der Waals surface area contributed by atoms with Gasteiger partial charge in [0.15, 0.2) is 0 Å². The van der Waals surface area contributed by atoms with E-state index in [1.165, 1.54) is 17.5 Å². The molecule has 2 heterocycles. The van der Waals surface area contributed by atoms with Crippen molar-refractivity contribution in [3.05, 3.63) is 23.4 Å². The molecule has 1 aromatic rings. The minimum atomic E-state index is 0.329. The van der Waals surface area contributed by atoms with E-state index in [0.29, 0.717) is 6.10 Å². The van der Waals surface area contributed by atoms with Gasteiger partial charge in [0.2, 0.25) is 0 Å². The van der Waals surface area contributed by atoms with Crippen LogP contribution in [0.3, 0.4) is 0 Å². The molecule has 5 nitrogen and oxygen atoms in total. The third kappa shape index (κ3) is 4.66. The van der Waals surface area contributed by atoms with Crippen LogP contribution in [0.25, 0.3) is 0 Å². The van der Waals surface area contributed by atoms with Crippen molar-refractivity contribution in [3.63, 3.8) is 0 Å². The van der Waals surface area contributed by atoms with Gasteiger partial charge in [-0.2, -0.15) is 0 Å². The molecule has 5 heteroatoms. The van der Waals surface area contributed by atoms with E-state index in [4.69, 9.17) is 9.47 Å². The first-order valence-corrected chi connectivity index (χ1v) is 7.67. The Morgan fingerprint density at radius 3 is 3.00 bits per heavy atom. The highest BCUT2D eigenvalue weighted by Crippen LogP contribution is 2.23. The van der Waals surface area contributed by atoms with E-state index in [1.54, 1.807) is 14.2 Å². The molecule has 1 aromatic heterocycles. The van der Waals surface area contributed by atoms with Gasteiger partial charge >= 0.3 is 0 Å². The van der Waals surface area contributed by atoms with Gasteiger partial charge in [-0.3, -0.25) is 0 Å². The average Bonchev–Trinajstić information content (AvgIpc) is 2.52. The minimum Gasteiger partial charge on any atom is -0.383 e. The Hall–Kier alpha value is -1.17. The fourth-order valence-electron chi connectivity index (χ4n) is 2.78. The van der Waals surface area contributed by atoms with Gasteiger partial charge in [-0.1, -0.05) is 0 Å². The summed E-state index contributed by atoms with van der Waals surface area (Å²) in [7, 11) is 3.51. The molecule has 1 fully saturated rings. The molecule has 0 spiro atoms. The maximum absolute atomic E-state index is 5.49. The molecule has 1 aliphatic heterocycles. The Bertz CT molecular complexity index is 440. The molecule has 118 valence electrons. The number of hydrogen-bond acceptors (Lipinski definition) is 5. The fourth-order valence-corrected chi connectivity index (χ4v) is 2.78. The van der Waals surface area contributed by atoms with Crippen LogP contribution in [0, 0.1) is 6.92 Å². The lowest BCUT2D eigenvalue weighted by atomic mass is 10.1. The lowest BCUT2D eigenvalue weighted by Crippen LogP contribution is -2.40. The Morgan fingerprint density at radius 2 is 2.29 bits per heavy atom. The van der Waals surface area contributed by atoms with Crippen LogP contribution in [0.15, 0.2) is 12.3 Å². The number of rotatable bonds is 7. The number of ether oxygens (including phenoxy) is 2. The van der Waals surface area contributed by atoms with Crippen molar-refractivity contribution in [2.24, 2.45) is 0 Å². The Morgan fingerprint density at radius 1 is 1.43 bits per heavy atom. The van der Waals surface area contributed by atoms with Crippen LogP contribution in [0.5, 0.6) is 0 Å². The summed E-state index contributed by atoms with van der Waals surface area (Å²) in [5.41, 5.74) is 2.45. The van der Waals surface area contributed by atoms with Crippen molar-refractivity contribution in [1.29, 1.82) is 0 Å². The van der Waals surface area contributed by atoms with Crippen molar-refractivity contribution in [1.82, 2.24) is 10.3 Å². The summed E-state index contributed by atoms with van der Waals surface area (Å²) in [4.78, 5) is 7.01. The van der Waals surface area contributed by atoms with Gasteiger partial charge in [0.05, 0.1) is 12.7 Å². The predicted octanol–water partition coefficient (Wildman–Crippen LogP) is 1.74. The molecule has 1 aliphatic rings. The van der Waals surface area contributed by atoms with Gasteiger partial charge in [-0.05, 0) is 37.0 Å². The first kappa shape index (κ1) is 16.2. The summed E-state index contributed by atoms with van der Waals surface area (Å²) < 4.78 is 10.5. The molecular weight excluding hydrogens is 266 g/mol. The summed E-state index contributed by atoms with van der Waals surface area (Å²) in [6.45, 7) is 6.57. The number of aryl methyl sites for hydroxylation is 1. The third-order valence-corrected chi connectivity index (χ3v) is 3.93. The molecule has 2 rings (SSSR count). The highest BCUT2D eigenvalue weighted by atomic mass is 16.5. The van der Waals surface area contributed by atoms with Crippen LogP contribution in [0.2, 0.25) is 0 Å². The van der Waals surface area contributed by atoms with E-state index >= 15 is 0 Å². The topological polar surface area (TPSA) is 46.6 Å². The van der Waals surface area contributed by atoms with Crippen LogP contribution in [-0.2, 0) is 16.0 Å². The SMILES string of the molecule is COCCNCc1cnc(N2CCCC(OC)C2)c(C)c1. The monoisotopic (exact) mass is 293 g/mol. The lowest BCUT2D eigenvalue weighted by Gasteiger charge is -2.33. The van der Waals surface area contributed by atoms with E-state index in [2.05, 4.69) is 28.2 Å². The van der Waals surface area contributed by atoms with Gasteiger partial charge in [0.1, 0.15) is 5.82 Å². The first-order valence-electron chi connectivity index (χ1n) is 7.67. The lowest BCUT2D eigenvalue weighted by molar-refractivity contribution is 0.0891. The molecule has 0 radical (unpaired) electrons. The molecule has 0 saturated carbocycles. The Kier molecular flexibility index (Phi) is 6.42. The second kappa shape index (κ2) is 8.32. The largest absolute Gasteiger partial charge is 0.383 e. The van der Waals surface area contributed by atoms with Crippen LogP contribution in [0.1, 0.15) is 24.0 Å². The quantitative estimate of drug-likeness (QED) is 0.776. The molecule has 0 aromatic carbocycles. The van der Waals surface area contributed by atoms with Gasteiger partial charge in [-0.15, -0.1) is 0 Å². The smallest absolute Gasteiger partial charge is 0.131 e. The van der Waals surface area contributed by atoms with Crippen molar-refractivity contribution in [2.75, 3.05) is 45.4 Å². The second-order valence-corrected chi connectivity index (χ2v) is 5.60. The number of nitrogens with zero attached hydrogens (tertiary/aromatic N) is 2. The number of anilines is 1.